The average Bonchev–Trinajstić information content (AvgIpc) is 3.36. The molecule has 428 valence electrons. The zero-order valence-corrected chi connectivity index (χ0v) is 49.5. The van der Waals surface area contributed by atoms with Gasteiger partial charge in [-0.1, -0.05) is 240 Å². The highest BCUT2D eigenvalue weighted by atomic mass is 31.2. The normalized spacial score (nSPS) is 13.9. The number of hydrogen-bond acceptors (Lipinski definition) is 7. The van der Waals surface area contributed by atoms with Gasteiger partial charge in [-0.15, -0.1) is 0 Å². The lowest BCUT2D eigenvalue weighted by molar-refractivity contribution is -0.870. The van der Waals surface area contributed by atoms with Crippen molar-refractivity contribution < 1.29 is 42.1 Å². The second-order valence-corrected chi connectivity index (χ2v) is 22.8. The summed E-state index contributed by atoms with van der Waals surface area (Å²) in [6.45, 7) is 4.32. The van der Waals surface area contributed by atoms with E-state index in [1.54, 1.807) is 0 Å². The van der Waals surface area contributed by atoms with Crippen LogP contribution in [-0.2, 0) is 32.7 Å². The predicted molar refractivity (Wildman–Crippen MR) is 316 cm³/mol. The third-order valence-electron chi connectivity index (χ3n) is 12.9. The van der Waals surface area contributed by atoms with Crippen LogP contribution in [0.5, 0.6) is 0 Å². The second kappa shape index (κ2) is 55.0. The van der Waals surface area contributed by atoms with Crippen molar-refractivity contribution in [1.29, 1.82) is 0 Å². The molecule has 0 heterocycles. The standard InChI is InChI=1S/C64H114NO8P/c1-6-8-10-12-14-16-18-20-22-24-26-28-30-32-34-36-38-40-42-44-46-48-50-52-54-56-63(66)70-60-62(61-72-74(68,69)71-59-58-65(3,4)5)73-64(67)57-55-53-51-49-47-45-43-41-39-37-35-33-31-29-27-25-23-21-19-17-15-13-11-9-7-2/h9,11,15,17,21,23-24,26-27,29,33,35,39,41,62H,6-8,10,12-14,16,18-20,22,25,28,30-32,34,36-38,40,42-61H2,1-5H3/p+1/b11-9-,17-15-,23-21-,26-24-,29-27-,35-33-,41-39-. The molecule has 0 aliphatic heterocycles. The molecule has 0 rings (SSSR count). The molecule has 0 saturated heterocycles. The molecular formula is C64H115NO8P+. The molecule has 0 spiro atoms. The molecule has 0 aliphatic carbocycles. The van der Waals surface area contributed by atoms with Crippen molar-refractivity contribution in [3.63, 3.8) is 0 Å². The molecular weight excluding hydrogens is 942 g/mol. The van der Waals surface area contributed by atoms with E-state index < -0.39 is 26.5 Å². The van der Waals surface area contributed by atoms with Crippen molar-refractivity contribution in [3.05, 3.63) is 85.1 Å². The van der Waals surface area contributed by atoms with Gasteiger partial charge >= 0.3 is 19.8 Å². The van der Waals surface area contributed by atoms with Gasteiger partial charge in [0.05, 0.1) is 27.7 Å². The maximum absolute atomic E-state index is 12.8. The molecule has 2 atom stereocenters. The lowest BCUT2D eigenvalue weighted by atomic mass is 10.0. The van der Waals surface area contributed by atoms with Gasteiger partial charge < -0.3 is 18.9 Å². The number of phosphoric ester groups is 1. The van der Waals surface area contributed by atoms with Crippen molar-refractivity contribution in [2.45, 2.75) is 264 Å². The minimum atomic E-state index is -4.40. The van der Waals surface area contributed by atoms with E-state index in [0.717, 1.165) is 96.3 Å². The van der Waals surface area contributed by atoms with Gasteiger partial charge in [-0.3, -0.25) is 18.6 Å². The number of carbonyl (C=O) groups is 2. The highest BCUT2D eigenvalue weighted by Crippen LogP contribution is 2.43. The molecule has 0 amide bonds. The molecule has 0 saturated carbocycles. The smallest absolute Gasteiger partial charge is 0.462 e. The van der Waals surface area contributed by atoms with Gasteiger partial charge in [-0.2, -0.15) is 0 Å². The number of quaternary nitrogens is 1. The fourth-order valence-corrected chi connectivity index (χ4v) is 8.99. The second-order valence-electron chi connectivity index (χ2n) is 21.4. The number of allylic oxidation sites excluding steroid dienone is 14. The molecule has 2 unspecified atom stereocenters. The first-order chi connectivity index (χ1) is 36.0. The van der Waals surface area contributed by atoms with Gasteiger partial charge in [-0.05, 0) is 89.9 Å². The van der Waals surface area contributed by atoms with E-state index >= 15 is 0 Å². The van der Waals surface area contributed by atoms with Crippen LogP contribution in [0.2, 0.25) is 0 Å². The van der Waals surface area contributed by atoms with Crippen LogP contribution in [0, 0.1) is 0 Å². The molecule has 0 fully saturated rings. The largest absolute Gasteiger partial charge is 0.472 e. The number of unbranched alkanes of at least 4 members (excludes halogenated alkanes) is 27. The van der Waals surface area contributed by atoms with Gasteiger partial charge in [0, 0.05) is 12.8 Å². The van der Waals surface area contributed by atoms with Crippen LogP contribution in [0.3, 0.4) is 0 Å². The van der Waals surface area contributed by atoms with Crippen LogP contribution in [0.1, 0.15) is 258 Å². The maximum atomic E-state index is 12.8. The Hall–Kier alpha value is -2.81. The molecule has 0 aromatic rings. The Morgan fingerprint density at radius 3 is 1.16 bits per heavy atom. The fourth-order valence-electron chi connectivity index (χ4n) is 8.25. The number of ether oxygens (including phenoxy) is 2. The Kier molecular flexibility index (Phi) is 52.9. The van der Waals surface area contributed by atoms with E-state index in [0.29, 0.717) is 17.4 Å². The average molecular weight is 1060 g/mol. The van der Waals surface area contributed by atoms with E-state index in [1.807, 2.05) is 21.1 Å². The highest BCUT2D eigenvalue weighted by Gasteiger charge is 2.27. The quantitative estimate of drug-likeness (QED) is 0.0211. The Morgan fingerprint density at radius 2 is 0.770 bits per heavy atom. The molecule has 1 N–H and O–H groups in total. The number of rotatable bonds is 55. The minimum absolute atomic E-state index is 0.0251. The van der Waals surface area contributed by atoms with Crippen molar-refractivity contribution in [3.8, 4) is 0 Å². The summed E-state index contributed by atoms with van der Waals surface area (Å²) in [5.41, 5.74) is 0. The SMILES string of the molecule is CC/C=C\C/C=C\C/C=C\C/C=C\C/C=C\C/C=C\CCCCCCCCC(=O)OC(COC(=O)CCCCCCCCCCCCCCC/C=C\CCCCCCCCCC)COP(=O)(O)OCC[N+](C)(C)C. The number of nitrogens with zero attached hydrogens (tertiary/aromatic N) is 1. The third-order valence-corrected chi connectivity index (χ3v) is 13.9. The van der Waals surface area contributed by atoms with E-state index in [4.69, 9.17) is 18.5 Å². The van der Waals surface area contributed by atoms with Crippen LogP contribution in [0.4, 0.5) is 0 Å². The zero-order valence-electron chi connectivity index (χ0n) is 48.6. The van der Waals surface area contributed by atoms with Crippen LogP contribution < -0.4 is 0 Å². The van der Waals surface area contributed by atoms with Crippen LogP contribution >= 0.6 is 7.82 Å². The molecule has 74 heavy (non-hydrogen) atoms. The summed E-state index contributed by atoms with van der Waals surface area (Å²) in [5, 5.41) is 0. The van der Waals surface area contributed by atoms with E-state index in [2.05, 4.69) is 98.9 Å². The van der Waals surface area contributed by atoms with Gasteiger partial charge in [0.2, 0.25) is 0 Å². The number of hydrogen-bond donors (Lipinski definition) is 1. The maximum Gasteiger partial charge on any atom is 0.472 e. The molecule has 9 nitrogen and oxygen atoms in total. The summed E-state index contributed by atoms with van der Waals surface area (Å²) in [4.78, 5) is 35.7. The van der Waals surface area contributed by atoms with Gasteiger partial charge in [0.1, 0.15) is 19.8 Å². The molecule has 0 aromatic carbocycles. The topological polar surface area (TPSA) is 108 Å². The van der Waals surface area contributed by atoms with Crippen molar-refractivity contribution >= 4 is 19.8 Å². The summed E-state index contributed by atoms with van der Waals surface area (Å²) >= 11 is 0. The number of phosphoric acid groups is 1. The summed E-state index contributed by atoms with van der Waals surface area (Å²) in [7, 11) is 1.46. The molecule has 0 bridgehead atoms. The minimum Gasteiger partial charge on any atom is -0.462 e. The Morgan fingerprint density at radius 1 is 0.432 bits per heavy atom. The van der Waals surface area contributed by atoms with Crippen LogP contribution in [0.15, 0.2) is 85.1 Å². The first-order valence-electron chi connectivity index (χ1n) is 30.3. The highest BCUT2D eigenvalue weighted by molar-refractivity contribution is 7.47. The predicted octanol–water partition coefficient (Wildman–Crippen LogP) is 19.0. The number of esters is 2. The molecule has 0 radical (unpaired) electrons. The monoisotopic (exact) mass is 1060 g/mol. The zero-order chi connectivity index (χ0) is 54.2. The van der Waals surface area contributed by atoms with Crippen molar-refractivity contribution in [1.82, 2.24) is 0 Å². The van der Waals surface area contributed by atoms with Gasteiger partial charge in [0.25, 0.3) is 0 Å². The van der Waals surface area contributed by atoms with Crippen LogP contribution in [0.25, 0.3) is 0 Å². The van der Waals surface area contributed by atoms with Crippen LogP contribution in [-0.4, -0.2) is 74.9 Å². The lowest BCUT2D eigenvalue weighted by Crippen LogP contribution is -2.37. The molecule has 0 aromatic heterocycles. The first-order valence-corrected chi connectivity index (χ1v) is 31.8. The Balaban J connectivity index is 4.19. The number of likely N-dealkylation sites (N-methyl/N-ethyl adjacent to an activating group) is 1. The van der Waals surface area contributed by atoms with Gasteiger partial charge in [0.15, 0.2) is 6.10 Å². The van der Waals surface area contributed by atoms with E-state index in [1.165, 1.54) is 128 Å². The van der Waals surface area contributed by atoms with Gasteiger partial charge in [-0.25, -0.2) is 4.57 Å². The van der Waals surface area contributed by atoms with Crippen molar-refractivity contribution in [2.24, 2.45) is 0 Å². The van der Waals surface area contributed by atoms with Crippen molar-refractivity contribution in [2.75, 3.05) is 47.5 Å². The first kappa shape index (κ1) is 71.2. The van der Waals surface area contributed by atoms with E-state index in [-0.39, 0.29) is 32.0 Å². The summed E-state index contributed by atoms with van der Waals surface area (Å²) < 4.78 is 34.6. The third kappa shape index (κ3) is 58.5. The molecule has 0 aliphatic rings. The Bertz CT molecular complexity index is 1520. The Labute approximate surface area is 456 Å². The number of carbonyl (C=O) groups excluding carboxylic acids is 2. The summed E-state index contributed by atoms with van der Waals surface area (Å²) in [5.74, 6) is -0.812. The molecule has 10 heteroatoms. The lowest BCUT2D eigenvalue weighted by Gasteiger charge is -2.24. The fraction of sp³-hybridized carbons (Fsp3) is 0.750. The van der Waals surface area contributed by atoms with E-state index in [9.17, 15) is 19.0 Å². The summed E-state index contributed by atoms with van der Waals surface area (Å²) in [6, 6.07) is 0. The summed E-state index contributed by atoms with van der Waals surface area (Å²) in [6.07, 6.45) is 73.7.